The number of methoxy groups -OCH3 is 1. The molecule has 8 heteroatoms. The van der Waals surface area contributed by atoms with Crippen LogP contribution in [0.3, 0.4) is 0 Å². The van der Waals surface area contributed by atoms with Crippen LogP contribution in [0.15, 0.2) is 24.3 Å². The maximum absolute atomic E-state index is 12.2. The standard InChI is InChI=1S/C16H24N4O3Si/c1-22-16(21)15-14(12-6-5-7-13(17)10-12)18-19-20(15)11-23-8-9-24(2,3)4/h5-7,10H,8-9,11,17H2,1-4H3. The van der Waals surface area contributed by atoms with Crippen molar-refractivity contribution in [1.29, 1.82) is 0 Å². The molecule has 0 spiro atoms. The Bertz CT molecular complexity index is 710. The lowest BCUT2D eigenvalue weighted by atomic mass is 10.1. The summed E-state index contributed by atoms with van der Waals surface area (Å²) in [5, 5.41) is 8.15. The predicted molar refractivity (Wildman–Crippen MR) is 95.3 cm³/mol. The summed E-state index contributed by atoms with van der Waals surface area (Å²) in [7, 11) is 0.161. The van der Waals surface area contributed by atoms with Crippen LogP contribution in [-0.2, 0) is 16.2 Å². The summed E-state index contributed by atoms with van der Waals surface area (Å²) in [5.41, 5.74) is 7.80. The molecule has 1 aromatic carbocycles. The number of aromatic nitrogens is 3. The third-order valence-corrected chi connectivity index (χ3v) is 5.19. The van der Waals surface area contributed by atoms with Crippen molar-refractivity contribution in [2.45, 2.75) is 32.4 Å². The van der Waals surface area contributed by atoms with Crippen molar-refractivity contribution in [3.63, 3.8) is 0 Å². The van der Waals surface area contributed by atoms with Crippen molar-refractivity contribution < 1.29 is 14.3 Å². The molecule has 1 aromatic heterocycles. The second-order valence-electron chi connectivity index (χ2n) is 6.75. The second-order valence-corrected chi connectivity index (χ2v) is 12.4. The third-order valence-electron chi connectivity index (χ3n) is 3.48. The van der Waals surface area contributed by atoms with E-state index in [4.69, 9.17) is 15.2 Å². The van der Waals surface area contributed by atoms with Gasteiger partial charge < -0.3 is 15.2 Å². The van der Waals surface area contributed by atoms with E-state index in [-0.39, 0.29) is 12.4 Å². The highest BCUT2D eigenvalue weighted by Crippen LogP contribution is 2.23. The molecule has 0 unspecified atom stereocenters. The lowest BCUT2D eigenvalue weighted by molar-refractivity contribution is 0.0516. The van der Waals surface area contributed by atoms with Gasteiger partial charge in [0.1, 0.15) is 12.4 Å². The number of rotatable bonds is 7. The highest BCUT2D eigenvalue weighted by Gasteiger charge is 2.22. The van der Waals surface area contributed by atoms with E-state index in [1.54, 1.807) is 18.2 Å². The van der Waals surface area contributed by atoms with Gasteiger partial charge in [0.25, 0.3) is 0 Å². The molecule has 7 nitrogen and oxygen atoms in total. The smallest absolute Gasteiger partial charge is 0.358 e. The molecule has 0 aliphatic heterocycles. The Morgan fingerprint density at radius 2 is 2.08 bits per heavy atom. The van der Waals surface area contributed by atoms with Crippen LogP contribution in [0.4, 0.5) is 5.69 Å². The van der Waals surface area contributed by atoms with Crippen LogP contribution >= 0.6 is 0 Å². The highest BCUT2D eigenvalue weighted by molar-refractivity contribution is 6.76. The zero-order valence-electron chi connectivity index (χ0n) is 14.6. The predicted octanol–water partition coefficient (Wildman–Crippen LogP) is 2.63. The van der Waals surface area contributed by atoms with Crippen molar-refractivity contribution in [3.8, 4) is 11.3 Å². The summed E-state index contributed by atoms with van der Waals surface area (Å²) in [6.45, 7) is 7.63. The van der Waals surface area contributed by atoms with Crippen LogP contribution in [-0.4, -0.2) is 42.8 Å². The zero-order chi connectivity index (χ0) is 17.7. The van der Waals surface area contributed by atoms with Crippen molar-refractivity contribution in [2.24, 2.45) is 0 Å². The van der Waals surface area contributed by atoms with Gasteiger partial charge in [-0.3, -0.25) is 0 Å². The summed E-state index contributed by atoms with van der Waals surface area (Å²) < 4.78 is 12.0. The number of nitrogens with zero attached hydrogens (tertiary/aromatic N) is 3. The molecule has 2 N–H and O–H groups in total. The number of nitrogens with two attached hydrogens (primary N) is 1. The van der Waals surface area contributed by atoms with Crippen LogP contribution < -0.4 is 5.73 Å². The largest absolute Gasteiger partial charge is 0.464 e. The summed E-state index contributed by atoms with van der Waals surface area (Å²) in [6, 6.07) is 8.17. The molecule has 2 aromatic rings. The summed E-state index contributed by atoms with van der Waals surface area (Å²) in [5.74, 6) is -0.508. The fourth-order valence-electron chi connectivity index (χ4n) is 2.11. The molecule has 0 bridgehead atoms. The van der Waals surface area contributed by atoms with E-state index in [1.807, 2.05) is 6.07 Å². The Morgan fingerprint density at radius 1 is 1.33 bits per heavy atom. The Labute approximate surface area is 142 Å². The molecule has 0 aliphatic rings. The van der Waals surface area contributed by atoms with Crippen molar-refractivity contribution in [2.75, 3.05) is 19.5 Å². The first-order valence-electron chi connectivity index (χ1n) is 7.77. The van der Waals surface area contributed by atoms with E-state index in [0.717, 1.165) is 6.04 Å². The van der Waals surface area contributed by atoms with Gasteiger partial charge in [-0.2, -0.15) is 0 Å². The lowest BCUT2D eigenvalue weighted by Crippen LogP contribution is -2.22. The normalized spacial score (nSPS) is 11.5. The minimum absolute atomic E-state index is 0.157. The Kier molecular flexibility index (Phi) is 5.74. The van der Waals surface area contributed by atoms with Crippen molar-refractivity contribution >= 4 is 19.7 Å². The van der Waals surface area contributed by atoms with E-state index in [9.17, 15) is 4.79 Å². The molecule has 0 saturated carbocycles. The van der Waals surface area contributed by atoms with Gasteiger partial charge in [-0.15, -0.1) is 5.10 Å². The molecule has 0 amide bonds. The minimum Gasteiger partial charge on any atom is -0.464 e. The first kappa shape index (κ1) is 18.1. The monoisotopic (exact) mass is 348 g/mol. The fraction of sp³-hybridized carbons (Fsp3) is 0.438. The van der Waals surface area contributed by atoms with Gasteiger partial charge in [0.2, 0.25) is 0 Å². The number of carbonyl (C=O) groups is 1. The van der Waals surface area contributed by atoms with Crippen LogP contribution in [0.25, 0.3) is 11.3 Å². The number of esters is 1. The highest BCUT2D eigenvalue weighted by atomic mass is 28.3. The van der Waals surface area contributed by atoms with E-state index in [1.165, 1.54) is 11.8 Å². The molecule has 1 heterocycles. The lowest BCUT2D eigenvalue weighted by Gasteiger charge is -2.15. The van der Waals surface area contributed by atoms with Crippen molar-refractivity contribution in [1.82, 2.24) is 15.0 Å². The van der Waals surface area contributed by atoms with Gasteiger partial charge in [-0.05, 0) is 18.2 Å². The van der Waals surface area contributed by atoms with E-state index >= 15 is 0 Å². The van der Waals surface area contributed by atoms with E-state index < -0.39 is 14.0 Å². The Morgan fingerprint density at radius 3 is 2.71 bits per heavy atom. The third kappa shape index (κ3) is 4.65. The summed E-state index contributed by atoms with van der Waals surface area (Å²) >= 11 is 0. The average Bonchev–Trinajstić information content (AvgIpc) is 2.94. The van der Waals surface area contributed by atoms with E-state index in [0.29, 0.717) is 23.6 Å². The molecule has 24 heavy (non-hydrogen) atoms. The molecule has 0 fully saturated rings. The Balaban J connectivity index is 2.22. The second kappa shape index (κ2) is 7.58. The number of anilines is 1. The quantitative estimate of drug-likeness (QED) is 0.358. The molecule has 0 saturated heterocycles. The van der Waals surface area contributed by atoms with Crippen LogP contribution in [0.1, 0.15) is 10.5 Å². The fourth-order valence-corrected chi connectivity index (χ4v) is 2.87. The van der Waals surface area contributed by atoms with Crippen LogP contribution in [0.5, 0.6) is 0 Å². The minimum atomic E-state index is -1.17. The van der Waals surface area contributed by atoms with Gasteiger partial charge in [0.15, 0.2) is 5.69 Å². The summed E-state index contributed by atoms with van der Waals surface area (Å²) in [6.07, 6.45) is 0. The van der Waals surface area contributed by atoms with Gasteiger partial charge in [0.05, 0.1) is 7.11 Å². The molecular weight excluding hydrogens is 324 g/mol. The van der Waals surface area contributed by atoms with Crippen LogP contribution in [0.2, 0.25) is 25.7 Å². The molecule has 0 radical (unpaired) electrons. The van der Waals surface area contributed by atoms with E-state index in [2.05, 4.69) is 30.0 Å². The van der Waals surface area contributed by atoms with Gasteiger partial charge in [-0.25, -0.2) is 9.48 Å². The van der Waals surface area contributed by atoms with Crippen molar-refractivity contribution in [3.05, 3.63) is 30.0 Å². The van der Waals surface area contributed by atoms with Gasteiger partial charge in [-0.1, -0.05) is 37.0 Å². The first-order valence-corrected chi connectivity index (χ1v) is 11.5. The zero-order valence-corrected chi connectivity index (χ0v) is 15.6. The number of carbonyl (C=O) groups excluding carboxylic acids is 1. The SMILES string of the molecule is COC(=O)c1c(-c2cccc(N)c2)nnn1COCC[Si](C)(C)C. The number of nitrogen functional groups attached to an aromatic ring is 1. The molecule has 0 aliphatic carbocycles. The molecule has 0 atom stereocenters. The molecule has 130 valence electrons. The number of hydrogen-bond donors (Lipinski definition) is 1. The first-order chi connectivity index (χ1) is 11.3. The molecular formula is C16H24N4O3Si. The van der Waals surface area contributed by atoms with Crippen LogP contribution in [0, 0.1) is 0 Å². The topological polar surface area (TPSA) is 92.3 Å². The maximum Gasteiger partial charge on any atom is 0.358 e. The summed E-state index contributed by atoms with van der Waals surface area (Å²) in [4.78, 5) is 12.2. The number of hydrogen-bond acceptors (Lipinski definition) is 6. The number of benzene rings is 1. The number of ether oxygens (including phenoxy) is 2. The van der Waals surface area contributed by atoms with Gasteiger partial charge >= 0.3 is 5.97 Å². The molecule has 2 rings (SSSR count). The maximum atomic E-state index is 12.2. The van der Waals surface area contributed by atoms with Gasteiger partial charge in [0, 0.05) is 25.9 Å². The average molecular weight is 348 g/mol. The Hall–Kier alpha value is -2.19.